The average molecular weight is 254 g/mol. The maximum atomic E-state index is 11.0. The van der Waals surface area contributed by atoms with Crippen molar-refractivity contribution in [1.29, 1.82) is 0 Å². The molecule has 5 heteroatoms. The van der Waals surface area contributed by atoms with E-state index in [1.807, 2.05) is 14.1 Å². The van der Waals surface area contributed by atoms with E-state index in [0.29, 0.717) is 6.54 Å². The molecule has 102 valence electrons. The monoisotopic (exact) mass is 254 g/mol. The van der Waals surface area contributed by atoms with Crippen LogP contribution in [0.15, 0.2) is 16.7 Å². The second-order valence-electron chi connectivity index (χ2n) is 4.66. The third-order valence-electron chi connectivity index (χ3n) is 2.74. The van der Waals surface area contributed by atoms with Crippen molar-refractivity contribution in [3.8, 4) is 0 Å². The van der Waals surface area contributed by atoms with Gasteiger partial charge in [-0.05, 0) is 33.1 Å². The van der Waals surface area contributed by atoms with Crippen molar-refractivity contribution >= 4 is 5.97 Å². The van der Waals surface area contributed by atoms with Gasteiger partial charge >= 0.3 is 5.97 Å². The van der Waals surface area contributed by atoms with E-state index in [1.54, 1.807) is 6.07 Å². The van der Waals surface area contributed by atoms with Gasteiger partial charge in [0.15, 0.2) is 0 Å². The molecule has 0 saturated carbocycles. The molecule has 0 aliphatic carbocycles. The molecule has 0 aliphatic rings. The minimum absolute atomic E-state index is 0.0564. The van der Waals surface area contributed by atoms with Crippen LogP contribution < -0.4 is 0 Å². The van der Waals surface area contributed by atoms with Gasteiger partial charge in [-0.25, -0.2) is 4.79 Å². The molecule has 0 bridgehead atoms. The SMILES string of the molecule is CCCN(CCN(C)C)Cc1ccoc1C(=O)O. The summed E-state index contributed by atoms with van der Waals surface area (Å²) in [7, 11) is 4.06. The number of nitrogens with zero attached hydrogens (tertiary/aromatic N) is 2. The van der Waals surface area contributed by atoms with Crippen LogP contribution in [-0.2, 0) is 6.54 Å². The number of hydrogen-bond donors (Lipinski definition) is 1. The molecule has 0 saturated heterocycles. The van der Waals surface area contributed by atoms with Crippen molar-refractivity contribution in [1.82, 2.24) is 9.80 Å². The number of likely N-dealkylation sites (N-methyl/N-ethyl adjacent to an activating group) is 1. The maximum Gasteiger partial charge on any atom is 0.372 e. The molecule has 0 aromatic carbocycles. The zero-order valence-electron chi connectivity index (χ0n) is 11.3. The lowest BCUT2D eigenvalue weighted by atomic mass is 10.2. The Labute approximate surface area is 108 Å². The molecule has 1 aromatic rings. The van der Waals surface area contributed by atoms with Crippen LogP contribution in [0.5, 0.6) is 0 Å². The lowest BCUT2D eigenvalue weighted by molar-refractivity contribution is 0.0659. The van der Waals surface area contributed by atoms with Crippen LogP contribution in [0.25, 0.3) is 0 Å². The van der Waals surface area contributed by atoms with E-state index in [2.05, 4.69) is 16.7 Å². The van der Waals surface area contributed by atoms with Crippen molar-refractivity contribution < 1.29 is 14.3 Å². The third-order valence-corrected chi connectivity index (χ3v) is 2.74. The molecule has 0 atom stereocenters. The Kier molecular flexibility index (Phi) is 5.88. The van der Waals surface area contributed by atoms with Crippen molar-refractivity contribution in [3.05, 3.63) is 23.7 Å². The Balaban J connectivity index is 2.64. The first-order valence-electron chi connectivity index (χ1n) is 6.21. The predicted molar refractivity (Wildman–Crippen MR) is 69.8 cm³/mol. The molecule has 1 aromatic heterocycles. The smallest absolute Gasteiger partial charge is 0.372 e. The molecule has 1 rings (SSSR count). The van der Waals surface area contributed by atoms with Gasteiger partial charge in [0.1, 0.15) is 0 Å². The van der Waals surface area contributed by atoms with Crippen molar-refractivity contribution in [3.63, 3.8) is 0 Å². The van der Waals surface area contributed by atoms with E-state index in [-0.39, 0.29) is 5.76 Å². The normalized spacial score (nSPS) is 11.4. The van der Waals surface area contributed by atoms with Gasteiger partial charge in [-0.2, -0.15) is 0 Å². The number of carbonyl (C=O) groups is 1. The highest BCUT2D eigenvalue weighted by molar-refractivity contribution is 5.86. The highest BCUT2D eigenvalue weighted by atomic mass is 16.4. The van der Waals surface area contributed by atoms with Crippen molar-refractivity contribution in [2.75, 3.05) is 33.7 Å². The summed E-state index contributed by atoms with van der Waals surface area (Å²) < 4.78 is 4.99. The molecular formula is C13H22N2O3. The lowest BCUT2D eigenvalue weighted by Gasteiger charge is -2.23. The maximum absolute atomic E-state index is 11.0. The molecule has 0 fully saturated rings. The molecule has 0 amide bonds. The van der Waals surface area contributed by atoms with E-state index in [9.17, 15) is 4.79 Å². The number of carboxylic acid groups (broad SMARTS) is 1. The fourth-order valence-electron chi connectivity index (χ4n) is 1.82. The molecule has 1 N–H and O–H groups in total. The van der Waals surface area contributed by atoms with E-state index < -0.39 is 5.97 Å². The predicted octanol–water partition coefficient (Wildman–Crippen LogP) is 1.75. The van der Waals surface area contributed by atoms with Crippen molar-refractivity contribution in [2.24, 2.45) is 0 Å². The van der Waals surface area contributed by atoms with Gasteiger partial charge in [0.2, 0.25) is 5.76 Å². The molecule has 18 heavy (non-hydrogen) atoms. The second kappa shape index (κ2) is 7.18. The van der Waals surface area contributed by atoms with Gasteiger partial charge in [-0.15, -0.1) is 0 Å². The fraction of sp³-hybridized carbons (Fsp3) is 0.615. The molecule has 1 heterocycles. The first-order valence-corrected chi connectivity index (χ1v) is 6.21. The molecule has 5 nitrogen and oxygen atoms in total. The first-order chi connectivity index (χ1) is 8.54. The number of rotatable bonds is 8. The van der Waals surface area contributed by atoms with Crippen molar-refractivity contribution in [2.45, 2.75) is 19.9 Å². The number of carboxylic acids is 1. The zero-order valence-corrected chi connectivity index (χ0v) is 11.3. The van der Waals surface area contributed by atoms with E-state index >= 15 is 0 Å². The van der Waals surface area contributed by atoms with Crippen LogP contribution in [-0.4, -0.2) is 54.6 Å². The summed E-state index contributed by atoms with van der Waals surface area (Å²) in [6.45, 7) is 5.58. The summed E-state index contributed by atoms with van der Waals surface area (Å²) in [5.74, 6) is -0.944. The quantitative estimate of drug-likeness (QED) is 0.766. The summed E-state index contributed by atoms with van der Waals surface area (Å²) in [6, 6.07) is 1.74. The van der Waals surface area contributed by atoms with Gasteiger partial charge in [-0.1, -0.05) is 6.92 Å². The molecule has 0 unspecified atom stereocenters. The summed E-state index contributed by atoms with van der Waals surface area (Å²) in [6.07, 6.45) is 2.49. The Hall–Kier alpha value is -1.33. The van der Waals surface area contributed by atoms with Crippen LogP contribution in [0.4, 0.5) is 0 Å². The highest BCUT2D eigenvalue weighted by Gasteiger charge is 2.16. The number of hydrogen-bond acceptors (Lipinski definition) is 4. The second-order valence-corrected chi connectivity index (χ2v) is 4.66. The van der Waals surface area contributed by atoms with Crippen LogP contribution in [0, 0.1) is 0 Å². The zero-order chi connectivity index (χ0) is 13.5. The number of aromatic carboxylic acids is 1. The fourth-order valence-corrected chi connectivity index (χ4v) is 1.82. The average Bonchev–Trinajstić information content (AvgIpc) is 2.74. The standard InChI is InChI=1S/C13H22N2O3/c1-4-6-15(8-7-14(2)3)10-11-5-9-18-12(11)13(16)17/h5,9H,4,6-8,10H2,1-3H3,(H,16,17). The van der Waals surface area contributed by atoms with Crippen LogP contribution in [0.1, 0.15) is 29.5 Å². The highest BCUT2D eigenvalue weighted by Crippen LogP contribution is 2.13. The third kappa shape index (κ3) is 4.50. The molecule has 0 radical (unpaired) electrons. The Bertz CT molecular complexity index is 374. The van der Waals surface area contributed by atoms with Crippen LogP contribution >= 0.6 is 0 Å². The van der Waals surface area contributed by atoms with E-state index in [1.165, 1.54) is 6.26 Å². The van der Waals surface area contributed by atoms with Crippen LogP contribution in [0.2, 0.25) is 0 Å². The largest absolute Gasteiger partial charge is 0.475 e. The van der Waals surface area contributed by atoms with Gasteiger partial charge in [-0.3, -0.25) is 4.90 Å². The molecule has 0 spiro atoms. The Morgan fingerprint density at radius 2 is 2.06 bits per heavy atom. The van der Waals surface area contributed by atoms with Gasteiger partial charge in [0.25, 0.3) is 0 Å². The molecular weight excluding hydrogens is 232 g/mol. The van der Waals surface area contributed by atoms with Gasteiger partial charge in [0.05, 0.1) is 6.26 Å². The minimum Gasteiger partial charge on any atom is -0.475 e. The first kappa shape index (κ1) is 14.7. The number of furan rings is 1. The topological polar surface area (TPSA) is 56.9 Å². The summed E-state index contributed by atoms with van der Waals surface area (Å²) >= 11 is 0. The minimum atomic E-state index is -1.00. The summed E-state index contributed by atoms with van der Waals surface area (Å²) in [4.78, 5) is 15.3. The van der Waals surface area contributed by atoms with E-state index in [4.69, 9.17) is 9.52 Å². The van der Waals surface area contributed by atoms with E-state index in [0.717, 1.165) is 31.6 Å². The Morgan fingerprint density at radius 1 is 1.33 bits per heavy atom. The van der Waals surface area contributed by atoms with Crippen LogP contribution in [0.3, 0.4) is 0 Å². The lowest BCUT2D eigenvalue weighted by Crippen LogP contribution is -2.32. The summed E-state index contributed by atoms with van der Waals surface area (Å²) in [5, 5.41) is 8.99. The Morgan fingerprint density at radius 3 is 2.61 bits per heavy atom. The summed E-state index contributed by atoms with van der Waals surface area (Å²) in [5.41, 5.74) is 0.745. The van der Waals surface area contributed by atoms with Gasteiger partial charge < -0.3 is 14.4 Å². The molecule has 0 aliphatic heterocycles. The van der Waals surface area contributed by atoms with Gasteiger partial charge in [0, 0.05) is 25.2 Å².